The Morgan fingerprint density at radius 1 is 0.722 bits per heavy atom. The first kappa shape index (κ1) is 24.9. The molecule has 4 aromatic carbocycles. The van der Waals surface area contributed by atoms with E-state index in [2.05, 4.69) is 17.4 Å². The molecule has 0 aliphatic carbocycles. The number of amides is 2. The zero-order valence-corrected chi connectivity index (χ0v) is 20.8. The van der Waals surface area contributed by atoms with Crippen LogP contribution in [-0.4, -0.2) is 20.3 Å². The van der Waals surface area contributed by atoms with Crippen LogP contribution in [0.15, 0.2) is 109 Å². The Morgan fingerprint density at radius 2 is 1.25 bits per heavy atom. The Morgan fingerprint density at radius 3 is 1.81 bits per heavy atom. The van der Waals surface area contributed by atoms with Crippen LogP contribution in [0, 0.1) is 0 Å². The summed E-state index contributed by atoms with van der Waals surface area (Å²) in [4.78, 5) is 15.6. The average molecular weight is 481 g/mol. The molecule has 36 heavy (non-hydrogen) atoms. The van der Waals surface area contributed by atoms with E-state index in [1.165, 1.54) is 5.56 Å². The summed E-state index contributed by atoms with van der Waals surface area (Å²) in [5, 5.41) is 3.13. The van der Waals surface area contributed by atoms with Gasteiger partial charge in [-0.2, -0.15) is 0 Å². The van der Waals surface area contributed by atoms with Crippen LogP contribution in [0.3, 0.4) is 0 Å². The van der Waals surface area contributed by atoms with Gasteiger partial charge in [-0.1, -0.05) is 72.8 Å². The molecular weight excluding hydrogens is 448 g/mol. The molecule has 184 valence electrons. The lowest BCUT2D eigenvalue weighted by Gasteiger charge is -2.33. The number of anilines is 1. The summed E-state index contributed by atoms with van der Waals surface area (Å²) in [6, 6.07) is 35.5. The van der Waals surface area contributed by atoms with Crippen LogP contribution in [0.4, 0.5) is 10.5 Å². The lowest BCUT2D eigenvalue weighted by Crippen LogP contribution is -2.42. The smallest absolute Gasteiger partial charge is 0.322 e. The fourth-order valence-corrected chi connectivity index (χ4v) is 4.26. The molecule has 0 aromatic heterocycles. The second kappa shape index (κ2) is 12.5. The first-order chi connectivity index (χ1) is 17.7. The zero-order chi connectivity index (χ0) is 25.2. The van der Waals surface area contributed by atoms with Crippen molar-refractivity contribution in [3.8, 4) is 11.5 Å². The van der Waals surface area contributed by atoms with Crippen LogP contribution in [0.1, 0.15) is 29.2 Å². The number of nitrogens with zero attached hydrogens (tertiary/aromatic N) is 1. The minimum atomic E-state index is -0.194. The molecule has 5 nitrogen and oxygen atoms in total. The summed E-state index contributed by atoms with van der Waals surface area (Å²) in [5.41, 5.74) is 4.12. The number of aryl methyl sites for hydroxylation is 1. The van der Waals surface area contributed by atoms with Gasteiger partial charge in [0.15, 0.2) is 0 Å². The van der Waals surface area contributed by atoms with Crippen molar-refractivity contribution in [3.05, 3.63) is 126 Å². The third kappa shape index (κ3) is 6.45. The number of carbonyl (C=O) groups excluding carboxylic acids is 1. The molecule has 0 heterocycles. The number of methoxy groups -OCH3 is 2. The van der Waals surface area contributed by atoms with Gasteiger partial charge in [-0.15, -0.1) is 0 Å². The number of rotatable bonds is 10. The fraction of sp³-hybridized carbons (Fsp3) is 0.194. The van der Waals surface area contributed by atoms with Gasteiger partial charge in [-0.3, -0.25) is 4.90 Å². The molecule has 4 rings (SSSR count). The lowest BCUT2D eigenvalue weighted by molar-refractivity contribution is 0.243. The van der Waals surface area contributed by atoms with E-state index in [-0.39, 0.29) is 12.1 Å². The number of hydrogen-bond donors (Lipinski definition) is 1. The summed E-state index contributed by atoms with van der Waals surface area (Å²) >= 11 is 0. The quantitative estimate of drug-likeness (QED) is 0.272. The zero-order valence-electron chi connectivity index (χ0n) is 20.8. The minimum absolute atomic E-state index is 0.155. The molecule has 1 unspecified atom stereocenters. The molecule has 0 radical (unpaired) electrons. The van der Waals surface area contributed by atoms with Gasteiger partial charge in [0.2, 0.25) is 0 Å². The van der Waals surface area contributed by atoms with Gasteiger partial charge in [0.05, 0.1) is 20.3 Å². The number of ether oxygens (including phenoxy) is 2. The molecule has 0 aliphatic rings. The van der Waals surface area contributed by atoms with Crippen molar-refractivity contribution in [3.63, 3.8) is 0 Å². The monoisotopic (exact) mass is 480 g/mol. The maximum atomic E-state index is 13.8. The van der Waals surface area contributed by atoms with E-state index >= 15 is 0 Å². The van der Waals surface area contributed by atoms with Gasteiger partial charge < -0.3 is 14.8 Å². The third-order valence-electron chi connectivity index (χ3n) is 6.22. The average Bonchev–Trinajstić information content (AvgIpc) is 2.95. The third-order valence-corrected chi connectivity index (χ3v) is 6.22. The fourth-order valence-electron chi connectivity index (χ4n) is 4.26. The topological polar surface area (TPSA) is 50.8 Å². The molecule has 2 amide bonds. The van der Waals surface area contributed by atoms with Crippen molar-refractivity contribution in [2.24, 2.45) is 0 Å². The standard InChI is InChI=1S/C31H32N2O3/c1-35-28-18-14-26(15-19-28)30(22-13-24-9-5-3-6-10-24)33(27-16-20-29(36-2)21-17-27)31(34)32-23-25-11-7-4-8-12-25/h3-12,14-21,30H,13,22-23H2,1-2H3,(H,32,34). The number of urea groups is 1. The van der Waals surface area contributed by atoms with Crippen LogP contribution >= 0.6 is 0 Å². The van der Waals surface area contributed by atoms with Gasteiger partial charge in [0.25, 0.3) is 0 Å². The molecule has 5 heteroatoms. The summed E-state index contributed by atoms with van der Waals surface area (Å²) in [7, 11) is 3.29. The number of benzene rings is 4. The van der Waals surface area contributed by atoms with Gasteiger partial charge in [-0.05, 0) is 65.9 Å². The molecule has 1 N–H and O–H groups in total. The van der Waals surface area contributed by atoms with Crippen molar-refractivity contribution in [1.29, 1.82) is 0 Å². The van der Waals surface area contributed by atoms with Crippen molar-refractivity contribution in [2.75, 3.05) is 19.1 Å². The number of carbonyl (C=O) groups is 1. The van der Waals surface area contributed by atoms with Crippen molar-refractivity contribution >= 4 is 11.7 Å². The van der Waals surface area contributed by atoms with Crippen molar-refractivity contribution in [1.82, 2.24) is 5.32 Å². The molecule has 0 saturated carbocycles. The van der Waals surface area contributed by atoms with E-state index in [9.17, 15) is 4.79 Å². The predicted molar refractivity (Wildman–Crippen MR) is 145 cm³/mol. The molecule has 0 fully saturated rings. The normalized spacial score (nSPS) is 11.4. The predicted octanol–water partition coefficient (Wildman–Crippen LogP) is 6.79. The summed E-state index contributed by atoms with van der Waals surface area (Å²) < 4.78 is 10.7. The van der Waals surface area contributed by atoms with E-state index < -0.39 is 0 Å². The molecule has 0 bridgehead atoms. The van der Waals surface area contributed by atoms with Crippen LogP contribution in [0.25, 0.3) is 0 Å². The lowest BCUT2D eigenvalue weighted by atomic mass is 9.97. The Labute approximate surface area is 213 Å². The molecule has 0 spiro atoms. The van der Waals surface area contributed by atoms with Gasteiger partial charge in [0.1, 0.15) is 11.5 Å². The SMILES string of the molecule is COc1ccc(C(CCc2ccccc2)N(C(=O)NCc2ccccc2)c2ccc(OC)cc2)cc1. The van der Waals surface area contributed by atoms with Gasteiger partial charge in [0, 0.05) is 12.2 Å². The van der Waals surface area contributed by atoms with Crippen LogP contribution in [0.2, 0.25) is 0 Å². The molecule has 1 atom stereocenters. The first-order valence-electron chi connectivity index (χ1n) is 12.1. The molecule has 4 aromatic rings. The maximum Gasteiger partial charge on any atom is 0.322 e. The van der Waals surface area contributed by atoms with E-state index in [4.69, 9.17) is 9.47 Å². The van der Waals surface area contributed by atoms with E-state index in [0.717, 1.165) is 41.2 Å². The summed E-state index contributed by atoms with van der Waals surface area (Å²) in [6.45, 7) is 0.445. The minimum Gasteiger partial charge on any atom is -0.497 e. The number of nitrogens with one attached hydrogen (secondary N) is 1. The van der Waals surface area contributed by atoms with Crippen LogP contribution < -0.4 is 19.7 Å². The van der Waals surface area contributed by atoms with Crippen molar-refractivity contribution in [2.45, 2.75) is 25.4 Å². The first-order valence-corrected chi connectivity index (χ1v) is 12.1. The highest BCUT2D eigenvalue weighted by Crippen LogP contribution is 2.33. The highest BCUT2D eigenvalue weighted by Gasteiger charge is 2.27. The van der Waals surface area contributed by atoms with Crippen molar-refractivity contribution < 1.29 is 14.3 Å². The van der Waals surface area contributed by atoms with E-state index in [1.54, 1.807) is 14.2 Å². The Balaban J connectivity index is 1.68. The molecule has 0 aliphatic heterocycles. The van der Waals surface area contributed by atoms with Gasteiger partial charge in [-0.25, -0.2) is 4.79 Å². The second-order valence-corrected chi connectivity index (χ2v) is 8.53. The second-order valence-electron chi connectivity index (χ2n) is 8.53. The van der Waals surface area contributed by atoms with Gasteiger partial charge >= 0.3 is 6.03 Å². The molecule has 0 saturated heterocycles. The largest absolute Gasteiger partial charge is 0.497 e. The Bertz CT molecular complexity index is 1210. The van der Waals surface area contributed by atoms with E-state index in [0.29, 0.717) is 6.54 Å². The highest BCUT2D eigenvalue weighted by molar-refractivity contribution is 5.93. The number of hydrogen-bond acceptors (Lipinski definition) is 3. The highest BCUT2D eigenvalue weighted by atomic mass is 16.5. The van der Waals surface area contributed by atoms with E-state index in [1.807, 2.05) is 102 Å². The summed E-state index contributed by atoms with van der Waals surface area (Å²) in [5.74, 6) is 1.53. The molecular formula is C31H32N2O3. The summed E-state index contributed by atoms with van der Waals surface area (Å²) in [6.07, 6.45) is 1.58. The maximum absolute atomic E-state index is 13.8. The van der Waals surface area contributed by atoms with Crippen LogP contribution in [0.5, 0.6) is 11.5 Å². The Kier molecular flexibility index (Phi) is 8.60. The van der Waals surface area contributed by atoms with Crippen LogP contribution in [-0.2, 0) is 13.0 Å². The Hall–Kier alpha value is -4.25.